The number of amides is 2. The van der Waals surface area contributed by atoms with Crippen LogP contribution >= 0.6 is 0 Å². The van der Waals surface area contributed by atoms with Gasteiger partial charge in [-0.05, 0) is 50.0 Å². The lowest BCUT2D eigenvalue weighted by atomic mass is 9.81. The van der Waals surface area contributed by atoms with E-state index in [-0.39, 0.29) is 30.1 Å². The highest BCUT2D eigenvalue weighted by Gasteiger charge is 2.44. The number of hydrogen-bond donors (Lipinski definition) is 0. The SMILES string of the molecule is CCCCCCCCCCCCCCCCCCN1/C(=C/C=C/C2=[N+](CCCCCCCCCCCCCCCCCC)c3ccccc3C2(C)C)C(C)(C)c2cc(CC(=O)ON3C(=O)CCC3=O)ccc21. The second-order valence-corrected chi connectivity index (χ2v) is 23.0. The lowest BCUT2D eigenvalue weighted by molar-refractivity contribution is -0.438. The Balaban J connectivity index is 1.18. The third-order valence-electron chi connectivity index (χ3n) is 16.3. The van der Waals surface area contributed by atoms with Crippen LogP contribution in [0.4, 0.5) is 11.4 Å². The van der Waals surface area contributed by atoms with Crippen LogP contribution in [0.25, 0.3) is 0 Å². The summed E-state index contributed by atoms with van der Waals surface area (Å²) in [4.78, 5) is 45.2. The molecule has 0 bridgehead atoms. The largest absolute Gasteiger partial charge is 0.344 e. The second-order valence-electron chi connectivity index (χ2n) is 23.0. The number of para-hydroxylation sites is 1. The fourth-order valence-corrected chi connectivity index (χ4v) is 11.8. The Morgan fingerprint density at radius 2 is 1.03 bits per heavy atom. The van der Waals surface area contributed by atoms with E-state index in [0.29, 0.717) is 5.06 Å². The second kappa shape index (κ2) is 32.3. The summed E-state index contributed by atoms with van der Waals surface area (Å²) in [6, 6.07) is 15.3. The van der Waals surface area contributed by atoms with Gasteiger partial charge in [-0.3, -0.25) is 9.59 Å². The van der Waals surface area contributed by atoms with Gasteiger partial charge in [-0.1, -0.05) is 250 Å². The zero-order valence-electron chi connectivity index (χ0n) is 46.9. The van der Waals surface area contributed by atoms with E-state index in [1.807, 2.05) is 6.07 Å². The summed E-state index contributed by atoms with van der Waals surface area (Å²) in [6.07, 6.45) is 50.8. The molecule has 1 saturated heterocycles. The molecule has 72 heavy (non-hydrogen) atoms. The lowest BCUT2D eigenvalue weighted by Gasteiger charge is -2.27. The van der Waals surface area contributed by atoms with Crippen molar-refractivity contribution in [2.24, 2.45) is 0 Å². The predicted octanol–water partition coefficient (Wildman–Crippen LogP) is 18.0. The molecule has 3 heterocycles. The van der Waals surface area contributed by atoms with E-state index in [1.54, 1.807) is 0 Å². The highest BCUT2D eigenvalue weighted by molar-refractivity contribution is 6.03. The molecule has 1 fully saturated rings. The summed E-state index contributed by atoms with van der Waals surface area (Å²) >= 11 is 0. The van der Waals surface area contributed by atoms with Gasteiger partial charge in [0.2, 0.25) is 5.69 Å². The highest BCUT2D eigenvalue weighted by atomic mass is 16.7. The van der Waals surface area contributed by atoms with E-state index in [0.717, 1.165) is 25.1 Å². The van der Waals surface area contributed by atoms with Gasteiger partial charge < -0.3 is 9.74 Å². The molecule has 0 saturated carbocycles. The first kappa shape index (κ1) is 58.9. The van der Waals surface area contributed by atoms with E-state index in [2.05, 4.69) is 106 Å². The van der Waals surface area contributed by atoms with Gasteiger partial charge in [-0.25, -0.2) is 4.79 Å². The van der Waals surface area contributed by atoms with Crippen LogP contribution in [0.3, 0.4) is 0 Å². The van der Waals surface area contributed by atoms with Crippen LogP contribution in [-0.4, -0.2) is 46.2 Å². The van der Waals surface area contributed by atoms with Crippen LogP contribution in [0.2, 0.25) is 0 Å². The summed E-state index contributed by atoms with van der Waals surface area (Å²) in [5.74, 6) is -1.51. The molecule has 2 amide bonds. The van der Waals surface area contributed by atoms with Gasteiger partial charge in [0, 0.05) is 60.3 Å². The van der Waals surface area contributed by atoms with Crippen LogP contribution in [0.5, 0.6) is 0 Å². The molecule has 0 N–H and O–H groups in total. The Bertz CT molecular complexity index is 2030. The van der Waals surface area contributed by atoms with Crippen molar-refractivity contribution in [3.63, 3.8) is 0 Å². The van der Waals surface area contributed by atoms with Crippen LogP contribution < -0.4 is 4.90 Å². The molecule has 5 rings (SSSR count). The maximum Gasteiger partial charge on any atom is 0.337 e. The molecule has 2 aromatic carbocycles. The van der Waals surface area contributed by atoms with E-state index >= 15 is 0 Å². The van der Waals surface area contributed by atoms with Crippen molar-refractivity contribution < 1.29 is 23.8 Å². The molecule has 0 radical (unpaired) electrons. The Hall–Kier alpha value is -4.00. The van der Waals surface area contributed by atoms with Crippen molar-refractivity contribution in [1.29, 1.82) is 0 Å². The van der Waals surface area contributed by atoms with Crippen LogP contribution in [-0.2, 0) is 36.5 Å². The normalized spacial score (nSPS) is 16.6. The Labute approximate surface area is 440 Å². The van der Waals surface area contributed by atoms with Crippen LogP contribution in [0, 0.1) is 0 Å². The van der Waals surface area contributed by atoms with Gasteiger partial charge in [-0.2, -0.15) is 4.58 Å². The summed E-state index contributed by atoms with van der Waals surface area (Å²) in [6.45, 7) is 15.9. The Kier molecular flexibility index (Phi) is 26.4. The molecule has 3 aliphatic heterocycles. The molecule has 7 nitrogen and oxygen atoms in total. The number of hydroxylamine groups is 2. The summed E-state index contributed by atoms with van der Waals surface area (Å²) < 4.78 is 2.60. The summed E-state index contributed by atoms with van der Waals surface area (Å²) in [7, 11) is 0. The van der Waals surface area contributed by atoms with Gasteiger partial charge in [0.25, 0.3) is 11.8 Å². The third kappa shape index (κ3) is 18.4. The van der Waals surface area contributed by atoms with Crippen molar-refractivity contribution in [2.45, 2.75) is 277 Å². The van der Waals surface area contributed by atoms with Crippen molar-refractivity contribution in [1.82, 2.24) is 5.06 Å². The summed E-state index contributed by atoms with van der Waals surface area (Å²) in [5, 5.41) is 0.650. The van der Waals surface area contributed by atoms with Gasteiger partial charge in [0.1, 0.15) is 6.54 Å². The molecule has 0 unspecified atom stereocenters. The third-order valence-corrected chi connectivity index (χ3v) is 16.3. The number of fused-ring (bicyclic) bond motifs is 2. The number of nitrogens with zero attached hydrogens (tertiary/aromatic N) is 3. The monoisotopic (exact) mass is 989 g/mol. The standard InChI is InChI=1S/C65H102N3O4/c1-7-9-11-13-15-17-19-21-23-25-27-29-31-33-35-39-50-66-57-43-38-37-42-55(57)64(3,4)59(66)44-41-45-60-65(5,6)56-52-54(53-63(71)72-68-61(69)48-49-62(68)70)46-47-58(56)67(60)51-40-36-34-32-30-28-26-24-22-20-18-16-14-12-10-8-2/h37-38,41-47,52H,7-36,39-40,48-51,53H2,1-6H3/q+1. The van der Waals surface area contributed by atoms with Gasteiger partial charge in [-0.15, -0.1) is 5.06 Å². The predicted molar refractivity (Wildman–Crippen MR) is 303 cm³/mol. The van der Waals surface area contributed by atoms with E-state index in [1.165, 1.54) is 233 Å². The van der Waals surface area contributed by atoms with Crippen molar-refractivity contribution in [3.05, 3.63) is 83.1 Å². The van der Waals surface area contributed by atoms with Gasteiger partial charge in [0.05, 0.1) is 11.8 Å². The molecule has 3 aliphatic rings. The maximum absolute atomic E-state index is 13.1. The first-order valence-electron chi connectivity index (χ1n) is 30.1. The molecule has 0 spiro atoms. The van der Waals surface area contributed by atoms with Crippen molar-refractivity contribution in [2.75, 3.05) is 18.0 Å². The minimum absolute atomic E-state index is 0.0122. The van der Waals surface area contributed by atoms with Crippen molar-refractivity contribution in [3.8, 4) is 0 Å². The minimum Gasteiger partial charge on any atom is -0.344 e. The molecule has 0 atom stereocenters. The average Bonchev–Trinajstić information content (AvgIpc) is 3.88. The number of carbonyl (C=O) groups is 3. The average molecular weight is 990 g/mol. The maximum atomic E-state index is 13.1. The lowest BCUT2D eigenvalue weighted by Crippen LogP contribution is -2.32. The quantitative estimate of drug-likeness (QED) is 0.0379. The van der Waals surface area contributed by atoms with E-state index < -0.39 is 17.8 Å². The number of hydrogen-bond acceptors (Lipinski definition) is 5. The first-order chi connectivity index (χ1) is 35.0. The molecular weight excluding hydrogens is 887 g/mol. The topological polar surface area (TPSA) is 69.9 Å². The smallest absolute Gasteiger partial charge is 0.337 e. The molecule has 400 valence electrons. The van der Waals surface area contributed by atoms with Gasteiger partial charge in [0.15, 0.2) is 5.71 Å². The van der Waals surface area contributed by atoms with Crippen molar-refractivity contribution >= 4 is 34.9 Å². The fourth-order valence-electron chi connectivity index (χ4n) is 11.8. The van der Waals surface area contributed by atoms with Crippen LogP contribution in [0.15, 0.2) is 66.4 Å². The number of unbranched alkanes of at least 4 members (excludes halogenated alkanes) is 30. The number of benzene rings is 2. The zero-order valence-corrected chi connectivity index (χ0v) is 46.9. The number of rotatable bonds is 39. The number of imide groups is 1. The zero-order chi connectivity index (χ0) is 51.4. The number of allylic oxidation sites excluding steroid dienone is 4. The first-order valence-corrected chi connectivity index (χ1v) is 30.1. The fraction of sp³-hybridized carbons (Fsp3) is 0.692. The van der Waals surface area contributed by atoms with E-state index in [9.17, 15) is 14.4 Å². The van der Waals surface area contributed by atoms with Gasteiger partial charge >= 0.3 is 5.97 Å². The number of anilines is 1. The molecular formula is C65H102N3O4+. The Morgan fingerprint density at radius 3 is 1.53 bits per heavy atom. The van der Waals surface area contributed by atoms with E-state index in [4.69, 9.17) is 4.84 Å². The summed E-state index contributed by atoms with van der Waals surface area (Å²) in [5.41, 5.74) is 8.12. The number of carbonyl (C=O) groups excluding carboxylic acids is 3. The Morgan fingerprint density at radius 1 is 0.569 bits per heavy atom. The molecule has 7 heteroatoms. The highest BCUT2D eigenvalue weighted by Crippen LogP contribution is 2.48. The minimum atomic E-state index is -0.598. The molecule has 0 aromatic heterocycles. The molecule has 0 aliphatic carbocycles. The van der Waals surface area contributed by atoms with Crippen LogP contribution in [0.1, 0.15) is 277 Å². The molecule has 2 aromatic rings.